The molecule has 0 aliphatic rings. The van der Waals surface area contributed by atoms with Gasteiger partial charge in [0.2, 0.25) is 0 Å². The monoisotopic (exact) mass is 272 g/mol. The molecule has 0 aliphatic carbocycles. The lowest BCUT2D eigenvalue weighted by Crippen LogP contribution is -2.47. The summed E-state index contributed by atoms with van der Waals surface area (Å²) in [7, 11) is 0. The first-order chi connectivity index (χ1) is 9.53. The van der Waals surface area contributed by atoms with Gasteiger partial charge in [0.1, 0.15) is 11.3 Å². The first kappa shape index (κ1) is 14.5. The maximum Gasteiger partial charge on any atom is 0.331 e. The van der Waals surface area contributed by atoms with Crippen LogP contribution in [0.3, 0.4) is 0 Å². The van der Waals surface area contributed by atoms with Crippen molar-refractivity contribution in [1.82, 2.24) is 0 Å². The van der Waals surface area contributed by atoms with E-state index < -0.39 is 11.5 Å². The van der Waals surface area contributed by atoms with Crippen molar-refractivity contribution in [1.29, 1.82) is 0 Å². The van der Waals surface area contributed by atoms with Crippen LogP contribution in [0.5, 0.6) is 5.75 Å². The smallest absolute Gasteiger partial charge is 0.331 e. The molecule has 106 valence electrons. The molecule has 1 atom stereocenters. The van der Waals surface area contributed by atoms with E-state index in [2.05, 4.69) is 0 Å². The third kappa shape index (κ3) is 3.35. The highest BCUT2D eigenvalue weighted by atomic mass is 16.5. The van der Waals surface area contributed by atoms with Crippen LogP contribution in [0.25, 0.3) is 10.8 Å². The minimum Gasteiger partial charge on any atom is -0.425 e. The molecule has 20 heavy (non-hydrogen) atoms. The number of carbonyl (C=O) groups excluding carboxylic acids is 1. The number of esters is 1. The molecule has 0 saturated carbocycles. The Morgan fingerprint density at radius 1 is 1.20 bits per heavy atom. The van der Waals surface area contributed by atoms with E-state index in [1.165, 1.54) is 0 Å². The fraction of sp³-hybridized carbons (Fsp3) is 0.312. The predicted molar refractivity (Wildman–Crippen MR) is 80.5 cm³/mol. The highest BCUT2D eigenvalue weighted by molar-refractivity contribution is 5.86. The summed E-state index contributed by atoms with van der Waals surface area (Å²) in [6, 6.07) is 13.4. The van der Waals surface area contributed by atoms with Crippen LogP contribution in [0, 0.1) is 0 Å². The summed E-state index contributed by atoms with van der Waals surface area (Å²) in [6.07, 6.45) is 1.20. The zero-order valence-corrected chi connectivity index (χ0v) is 11.6. The van der Waals surface area contributed by atoms with Crippen molar-refractivity contribution in [2.45, 2.75) is 25.3 Å². The van der Waals surface area contributed by atoms with E-state index in [1.54, 1.807) is 13.0 Å². The van der Waals surface area contributed by atoms with Crippen molar-refractivity contribution < 1.29 is 9.53 Å². The molecule has 0 bridgehead atoms. The van der Waals surface area contributed by atoms with Crippen LogP contribution in [0.1, 0.15) is 19.8 Å². The van der Waals surface area contributed by atoms with Gasteiger partial charge in [-0.05, 0) is 49.2 Å². The topological polar surface area (TPSA) is 78.3 Å². The van der Waals surface area contributed by atoms with Crippen molar-refractivity contribution in [2.75, 3.05) is 6.54 Å². The largest absolute Gasteiger partial charge is 0.425 e. The van der Waals surface area contributed by atoms with Crippen LogP contribution in [0.2, 0.25) is 0 Å². The highest BCUT2D eigenvalue weighted by Crippen LogP contribution is 2.22. The van der Waals surface area contributed by atoms with Gasteiger partial charge in [-0.3, -0.25) is 0 Å². The summed E-state index contributed by atoms with van der Waals surface area (Å²) in [5.41, 5.74) is 10.4. The third-order valence-corrected chi connectivity index (χ3v) is 3.30. The van der Waals surface area contributed by atoms with Crippen LogP contribution in [-0.4, -0.2) is 18.1 Å². The lowest BCUT2D eigenvalue weighted by atomic mass is 9.97. The quantitative estimate of drug-likeness (QED) is 0.646. The van der Waals surface area contributed by atoms with Gasteiger partial charge in [0.05, 0.1) is 0 Å². The van der Waals surface area contributed by atoms with Crippen molar-refractivity contribution in [3.8, 4) is 5.75 Å². The normalized spacial score (nSPS) is 13.9. The number of fused-ring (bicyclic) bond motifs is 1. The summed E-state index contributed by atoms with van der Waals surface area (Å²) < 4.78 is 5.38. The zero-order chi connectivity index (χ0) is 14.6. The average molecular weight is 272 g/mol. The molecular formula is C16H20N2O2. The van der Waals surface area contributed by atoms with E-state index in [0.717, 1.165) is 10.8 Å². The Hall–Kier alpha value is -1.91. The van der Waals surface area contributed by atoms with Crippen LogP contribution in [0.4, 0.5) is 0 Å². The van der Waals surface area contributed by atoms with Gasteiger partial charge < -0.3 is 16.2 Å². The van der Waals surface area contributed by atoms with Crippen molar-refractivity contribution in [3.05, 3.63) is 42.5 Å². The zero-order valence-electron chi connectivity index (χ0n) is 11.6. The Kier molecular flexibility index (Phi) is 4.37. The van der Waals surface area contributed by atoms with Gasteiger partial charge in [-0.25, -0.2) is 4.79 Å². The second-order valence-corrected chi connectivity index (χ2v) is 5.21. The molecule has 0 radical (unpaired) electrons. The maximum atomic E-state index is 12.1. The van der Waals surface area contributed by atoms with Crippen molar-refractivity contribution in [3.63, 3.8) is 0 Å². The van der Waals surface area contributed by atoms with Gasteiger partial charge in [0.25, 0.3) is 0 Å². The number of benzene rings is 2. The molecule has 4 heteroatoms. The van der Waals surface area contributed by atoms with Crippen LogP contribution in [0.15, 0.2) is 42.5 Å². The molecule has 0 aromatic heterocycles. The Labute approximate surface area is 118 Å². The number of rotatable bonds is 5. The Morgan fingerprint density at radius 3 is 2.60 bits per heavy atom. The standard InChI is InChI=1S/C16H20N2O2/c1-16(18,9-4-10-17)15(19)20-14-8-7-12-5-2-3-6-13(12)11-14/h2-3,5-8,11H,4,9-10,17-18H2,1H3/t16-/m0/s1. The second kappa shape index (κ2) is 6.03. The first-order valence-corrected chi connectivity index (χ1v) is 6.73. The van der Waals surface area contributed by atoms with Crippen LogP contribution < -0.4 is 16.2 Å². The van der Waals surface area contributed by atoms with Gasteiger partial charge in [0, 0.05) is 0 Å². The van der Waals surface area contributed by atoms with Gasteiger partial charge >= 0.3 is 5.97 Å². The van der Waals surface area contributed by atoms with E-state index in [4.69, 9.17) is 16.2 Å². The van der Waals surface area contributed by atoms with E-state index in [-0.39, 0.29) is 0 Å². The molecule has 0 heterocycles. The number of carbonyl (C=O) groups is 1. The van der Waals surface area contributed by atoms with E-state index in [9.17, 15) is 4.79 Å². The summed E-state index contributed by atoms with van der Waals surface area (Å²) in [5.74, 6) is 0.0827. The highest BCUT2D eigenvalue weighted by Gasteiger charge is 2.29. The molecule has 0 saturated heterocycles. The maximum absolute atomic E-state index is 12.1. The van der Waals surface area contributed by atoms with E-state index >= 15 is 0 Å². The molecule has 0 aliphatic heterocycles. The number of nitrogens with two attached hydrogens (primary N) is 2. The molecule has 4 N–H and O–H groups in total. The molecular weight excluding hydrogens is 252 g/mol. The summed E-state index contributed by atoms with van der Waals surface area (Å²) in [6.45, 7) is 2.18. The molecule has 0 spiro atoms. The average Bonchev–Trinajstić information content (AvgIpc) is 2.45. The van der Waals surface area contributed by atoms with E-state index in [0.29, 0.717) is 25.1 Å². The molecule has 2 rings (SSSR count). The van der Waals surface area contributed by atoms with E-state index in [1.807, 2.05) is 36.4 Å². The third-order valence-electron chi connectivity index (χ3n) is 3.30. The fourth-order valence-electron chi connectivity index (χ4n) is 2.03. The lowest BCUT2D eigenvalue weighted by molar-refractivity contribution is -0.140. The van der Waals surface area contributed by atoms with Gasteiger partial charge in [-0.2, -0.15) is 0 Å². The summed E-state index contributed by atoms with van der Waals surface area (Å²) >= 11 is 0. The Morgan fingerprint density at radius 2 is 1.90 bits per heavy atom. The Bertz CT molecular complexity index is 608. The first-order valence-electron chi connectivity index (χ1n) is 6.73. The fourth-order valence-corrected chi connectivity index (χ4v) is 2.03. The predicted octanol–water partition coefficient (Wildman–Crippen LogP) is 2.20. The van der Waals surface area contributed by atoms with Gasteiger partial charge in [-0.1, -0.05) is 30.3 Å². The molecule has 0 fully saturated rings. The Balaban J connectivity index is 2.13. The SMILES string of the molecule is C[C@](N)(CCCN)C(=O)Oc1ccc2ccccc2c1. The number of hydrogen-bond donors (Lipinski definition) is 2. The van der Waals surface area contributed by atoms with Crippen molar-refractivity contribution in [2.24, 2.45) is 11.5 Å². The molecule has 2 aromatic carbocycles. The molecule has 2 aromatic rings. The number of hydrogen-bond acceptors (Lipinski definition) is 4. The minimum absolute atomic E-state index is 0.429. The van der Waals surface area contributed by atoms with Gasteiger partial charge in [-0.15, -0.1) is 0 Å². The number of ether oxygens (including phenoxy) is 1. The van der Waals surface area contributed by atoms with Crippen LogP contribution >= 0.6 is 0 Å². The minimum atomic E-state index is -1.01. The van der Waals surface area contributed by atoms with Crippen molar-refractivity contribution >= 4 is 16.7 Å². The second-order valence-electron chi connectivity index (χ2n) is 5.21. The molecule has 0 amide bonds. The summed E-state index contributed by atoms with van der Waals surface area (Å²) in [4.78, 5) is 12.1. The van der Waals surface area contributed by atoms with Gasteiger partial charge in [0.15, 0.2) is 0 Å². The lowest BCUT2D eigenvalue weighted by Gasteiger charge is -2.22. The van der Waals surface area contributed by atoms with Crippen LogP contribution in [-0.2, 0) is 4.79 Å². The molecule has 4 nitrogen and oxygen atoms in total. The molecule has 0 unspecified atom stereocenters. The summed E-state index contributed by atoms with van der Waals surface area (Å²) in [5, 5.41) is 2.13.